The quantitative estimate of drug-likeness (QED) is 0.927. The molecule has 1 N–H and O–H groups in total. The highest BCUT2D eigenvalue weighted by molar-refractivity contribution is 9.10. The van der Waals surface area contributed by atoms with Crippen LogP contribution < -0.4 is 0 Å². The van der Waals surface area contributed by atoms with Crippen LogP contribution in [0.5, 0.6) is 0 Å². The van der Waals surface area contributed by atoms with E-state index >= 15 is 0 Å². The van der Waals surface area contributed by atoms with Crippen LogP contribution in [-0.4, -0.2) is 35.5 Å². The van der Waals surface area contributed by atoms with Gasteiger partial charge in [-0.05, 0) is 28.1 Å². The summed E-state index contributed by atoms with van der Waals surface area (Å²) in [5.41, 5.74) is 0.535. The van der Waals surface area contributed by atoms with Gasteiger partial charge in [0, 0.05) is 18.1 Å². The van der Waals surface area contributed by atoms with Gasteiger partial charge in [0.1, 0.15) is 0 Å². The van der Waals surface area contributed by atoms with Crippen molar-refractivity contribution in [3.63, 3.8) is 0 Å². The zero-order valence-corrected chi connectivity index (χ0v) is 11.3. The monoisotopic (exact) mass is 299 g/mol. The lowest BCUT2D eigenvalue weighted by atomic mass is 10.1. The highest BCUT2D eigenvalue weighted by atomic mass is 79.9. The SMILES string of the molecule is CC(CN(C)C(=O)c1ccccc1Br)C(=O)O. The van der Waals surface area contributed by atoms with Crippen LogP contribution in [0.3, 0.4) is 0 Å². The van der Waals surface area contributed by atoms with Crippen molar-refractivity contribution in [3.8, 4) is 0 Å². The van der Waals surface area contributed by atoms with Crippen molar-refractivity contribution in [2.45, 2.75) is 6.92 Å². The summed E-state index contributed by atoms with van der Waals surface area (Å²) < 4.78 is 0.708. The minimum Gasteiger partial charge on any atom is -0.481 e. The maximum Gasteiger partial charge on any atom is 0.308 e. The first-order chi connectivity index (χ1) is 7.93. The Hall–Kier alpha value is -1.36. The third-order valence-corrected chi connectivity index (χ3v) is 3.11. The Morgan fingerprint density at radius 2 is 2.00 bits per heavy atom. The number of amides is 1. The number of carbonyl (C=O) groups is 2. The second-order valence-corrected chi connectivity index (χ2v) is 4.76. The van der Waals surface area contributed by atoms with E-state index in [9.17, 15) is 9.59 Å². The summed E-state index contributed by atoms with van der Waals surface area (Å²) in [5.74, 6) is -1.67. The molecule has 1 aromatic rings. The molecule has 0 radical (unpaired) electrons. The van der Waals surface area contributed by atoms with E-state index in [1.165, 1.54) is 4.90 Å². The summed E-state index contributed by atoms with van der Waals surface area (Å²) in [4.78, 5) is 24.2. The van der Waals surface area contributed by atoms with Crippen LogP contribution in [0.25, 0.3) is 0 Å². The third kappa shape index (κ3) is 3.56. The lowest BCUT2D eigenvalue weighted by molar-refractivity contribution is -0.141. The van der Waals surface area contributed by atoms with Gasteiger partial charge in [0.2, 0.25) is 0 Å². The van der Waals surface area contributed by atoms with Crippen LogP contribution >= 0.6 is 15.9 Å². The van der Waals surface area contributed by atoms with Gasteiger partial charge in [-0.25, -0.2) is 0 Å². The summed E-state index contributed by atoms with van der Waals surface area (Å²) in [5, 5.41) is 8.79. The summed E-state index contributed by atoms with van der Waals surface area (Å²) in [6.45, 7) is 1.77. The molecule has 1 aromatic carbocycles. The Kier molecular flexibility index (Phi) is 4.69. The Morgan fingerprint density at radius 3 is 2.53 bits per heavy atom. The van der Waals surface area contributed by atoms with Crippen molar-refractivity contribution in [3.05, 3.63) is 34.3 Å². The number of aliphatic carboxylic acids is 1. The molecule has 1 atom stereocenters. The molecule has 1 rings (SSSR count). The van der Waals surface area contributed by atoms with Crippen molar-refractivity contribution < 1.29 is 14.7 Å². The standard InChI is InChI=1S/C12H14BrNO3/c1-8(12(16)17)7-14(2)11(15)9-5-3-4-6-10(9)13/h3-6,8H,7H2,1-2H3,(H,16,17). The van der Waals surface area contributed by atoms with Crippen LogP contribution in [0, 0.1) is 5.92 Å². The van der Waals surface area contributed by atoms with Crippen molar-refractivity contribution >= 4 is 27.8 Å². The fourth-order valence-electron chi connectivity index (χ4n) is 1.41. The summed E-state index contributed by atoms with van der Waals surface area (Å²) in [6, 6.07) is 7.07. The van der Waals surface area contributed by atoms with Gasteiger partial charge < -0.3 is 10.0 Å². The molecule has 0 aliphatic heterocycles. The molecule has 4 nitrogen and oxygen atoms in total. The average molecular weight is 300 g/mol. The number of rotatable bonds is 4. The molecule has 1 unspecified atom stereocenters. The van der Waals surface area contributed by atoms with Crippen LogP contribution in [0.4, 0.5) is 0 Å². The number of hydrogen-bond donors (Lipinski definition) is 1. The van der Waals surface area contributed by atoms with Gasteiger partial charge in [0.05, 0.1) is 11.5 Å². The molecule has 17 heavy (non-hydrogen) atoms. The molecule has 5 heteroatoms. The molecule has 0 bridgehead atoms. The molecule has 0 aliphatic carbocycles. The van der Waals surface area contributed by atoms with E-state index in [2.05, 4.69) is 15.9 Å². The Balaban J connectivity index is 2.77. The van der Waals surface area contributed by atoms with Gasteiger partial charge in [-0.2, -0.15) is 0 Å². The van der Waals surface area contributed by atoms with Crippen LogP contribution in [-0.2, 0) is 4.79 Å². The van der Waals surface area contributed by atoms with Crippen LogP contribution in [0.1, 0.15) is 17.3 Å². The minimum atomic E-state index is -0.906. The molecule has 0 aliphatic rings. The van der Waals surface area contributed by atoms with E-state index in [1.807, 2.05) is 6.07 Å². The molecule has 1 amide bonds. The van der Waals surface area contributed by atoms with Gasteiger partial charge in [0.25, 0.3) is 5.91 Å². The molecule has 0 fully saturated rings. The highest BCUT2D eigenvalue weighted by Gasteiger charge is 2.19. The molecular weight excluding hydrogens is 286 g/mol. The average Bonchev–Trinajstić information content (AvgIpc) is 2.28. The summed E-state index contributed by atoms with van der Waals surface area (Å²) in [7, 11) is 1.60. The largest absolute Gasteiger partial charge is 0.481 e. The van der Waals surface area contributed by atoms with Crippen molar-refractivity contribution in [2.75, 3.05) is 13.6 Å². The predicted molar refractivity (Wildman–Crippen MR) is 67.9 cm³/mol. The van der Waals surface area contributed by atoms with Crippen molar-refractivity contribution in [1.82, 2.24) is 4.90 Å². The van der Waals surface area contributed by atoms with E-state index in [0.717, 1.165) is 0 Å². The van der Waals surface area contributed by atoms with Crippen molar-refractivity contribution in [2.24, 2.45) is 5.92 Å². The van der Waals surface area contributed by atoms with Gasteiger partial charge in [-0.3, -0.25) is 9.59 Å². The lowest BCUT2D eigenvalue weighted by Crippen LogP contribution is -2.33. The zero-order valence-electron chi connectivity index (χ0n) is 9.68. The van der Waals surface area contributed by atoms with Gasteiger partial charge >= 0.3 is 5.97 Å². The number of carboxylic acid groups (broad SMARTS) is 1. The predicted octanol–water partition coefficient (Wildman–Crippen LogP) is 2.24. The fraction of sp³-hybridized carbons (Fsp3) is 0.333. The van der Waals surface area contributed by atoms with E-state index in [4.69, 9.17) is 5.11 Å². The summed E-state index contributed by atoms with van der Waals surface area (Å²) >= 11 is 3.30. The number of carboxylic acids is 1. The number of carbonyl (C=O) groups excluding carboxylic acids is 1. The molecule has 0 saturated heterocycles. The van der Waals surface area contributed by atoms with Gasteiger partial charge in [-0.1, -0.05) is 19.1 Å². The highest BCUT2D eigenvalue weighted by Crippen LogP contribution is 2.17. The number of nitrogens with zero attached hydrogens (tertiary/aromatic N) is 1. The Bertz CT molecular complexity index is 434. The molecule has 0 spiro atoms. The van der Waals surface area contributed by atoms with Crippen LogP contribution in [0.2, 0.25) is 0 Å². The van der Waals surface area contributed by atoms with E-state index < -0.39 is 11.9 Å². The maximum absolute atomic E-state index is 12.0. The second kappa shape index (κ2) is 5.82. The number of hydrogen-bond acceptors (Lipinski definition) is 2. The molecule has 92 valence electrons. The van der Waals surface area contributed by atoms with E-state index in [0.29, 0.717) is 10.0 Å². The van der Waals surface area contributed by atoms with Crippen LogP contribution in [0.15, 0.2) is 28.7 Å². The number of benzene rings is 1. The molecule has 0 heterocycles. The first-order valence-electron chi connectivity index (χ1n) is 5.16. The maximum atomic E-state index is 12.0. The topological polar surface area (TPSA) is 57.6 Å². The van der Waals surface area contributed by atoms with E-state index in [1.54, 1.807) is 32.2 Å². The summed E-state index contributed by atoms with van der Waals surface area (Å²) in [6.07, 6.45) is 0. The first-order valence-corrected chi connectivity index (χ1v) is 5.95. The zero-order chi connectivity index (χ0) is 13.0. The second-order valence-electron chi connectivity index (χ2n) is 3.90. The Morgan fingerprint density at radius 1 is 1.41 bits per heavy atom. The van der Waals surface area contributed by atoms with Crippen molar-refractivity contribution in [1.29, 1.82) is 0 Å². The fourth-order valence-corrected chi connectivity index (χ4v) is 1.87. The lowest BCUT2D eigenvalue weighted by Gasteiger charge is -2.20. The third-order valence-electron chi connectivity index (χ3n) is 2.42. The Labute approximate surface area is 108 Å². The minimum absolute atomic E-state index is 0.189. The van der Waals surface area contributed by atoms with Gasteiger partial charge in [-0.15, -0.1) is 0 Å². The van der Waals surface area contributed by atoms with E-state index in [-0.39, 0.29) is 12.5 Å². The molecule has 0 saturated carbocycles. The smallest absolute Gasteiger partial charge is 0.308 e. The van der Waals surface area contributed by atoms with Gasteiger partial charge in [0.15, 0.2) is 0 Å². The normalized spacial score (nSPS) is 11.9. The first kappa shape index (κ1) is 13.7. The molecule has 0 aromatic heterocycles. The molecular formula is C12H14BrNO3. The number of halogens is 1.